The summed E-state index contributed by atoms with van der Waals surface area (Å²) in [6.07, 6.45) is -4.58. The molecule has 0 saturated carbocycles. The van der Waals surface area contributed by atoms with Crippen molar-refractivity contribution < 1.29 is 18.0 Å². The SMILES string of the molecule is CC(C)N1CCN2c3nnc(C(F)(F)F)cc3N(C)C(=O)[C@@H]2C1. The third kappa shape index (κ3) is 2.62. The van der Waals surface area contributed by atoms with E-state index >= 15 is 0 Å². The molecule has 0 N–H and O–H groups in total. The smallest absolute Gasteiger partial charge is 0.339 e. The number of piperazine rings is 1. The van der Waals surface area contributed by atoms with Crippen molar-refractivity contribution in [2.75, 3.05) is 36.5 Å². The van der Waals surface area contributed by atoms with Gasteiger partial charge in [0, 0.05) is 32.7 Å². The minimum absolute atomic E-state index is 0.159. The quantitative estimate of drug-likeness (QED) is 0.779. The summed E-state index contributed by atoms with van der Waals surface area (Å²) in [4.78, 5) is 17.8. The Bertz CT molecular complexity index is 633. The number of likely N-dealkylation sites (N-methyl/N-ethyl adjacent to an activating group) is 1. The van der Waals surface area contributed by atoms with E-state index < -0.39 is 17.9 Å². The number of hydrogen-bond donors (Lipinski definition) is 0. The first-order valence-electron chi connectivity index (χ1n) is 7.43. The van der Waals surface area contributed by atoms with E-state index in [-0.39, 0.29) is 11.6 Å². The molecule has 0 aromatic carbocycles. The Balaban J connectivity index is 1.99. The average molecular weight is 329 g/mol. The van der Waals surface area contributed by atoms with Gasteiger partial charge in [-0.1, -0.05) is 0 Å². The van der Waals surface area contributed by atoms with E-state index in [2.05, 4.69) is 28.9 Å². The number of amides is 1. The van der Waals surface area contributed by atoms with Crippen LogP contribution in [0.2, 0.25) is 0 Å². The predicted molar refractivity (Wildman–Crippen MR) is 78.3 cm³/mol. The Hall–Kier alpha value is -1.90. The normalized spacial score (nSPS) is 22.4. The zero-order valence-corrected chi connectivity index (χ0v) is 13.1. The lowest BCUT2D eigenvalue weighted by Gasteiger charge is -2.47. The first-order valence-corrected chi connectivity index (χ1v) is 7.43. The van der Waals surface area contributed by atoms with Gasteiger partial charge in [-0.15, -0.1) is 10.2 Å². The van der Waals surface area contributed by atoms with Crippen molar-refractivity contribution in [2.24, 2.45) is 0 Å². The lowest BCUT2D eigenvalue weighted by atomic mass is 10.0. The predicted octanol–water partition coefficient (Wildman–Crippen LogP) is 1.37. The molecule has 0 radical (unpaired) electrons. The highest BCUT2D eigenvalue weighted by atomic mass is 19.4. The standard InChI is InChI=1S/C14H18F3N5O/c1-8(2)21-4-5-22-10(7-21)13(23)20(3)9-6-11(14(15,16)17)18-19-12(9)22/h6,8,10H,4-5,7H2,1-3H3/t10-/m0/s1. The molecule has 9 heteroatoms. The first kappa shape index (κ1) is 16.0. The van der Waals surface area contributed by atoms with Gasteiger partial charge < -0.3 is 9.80 Å². The van der Waals surface area contributed by atoms with Crippen LogP contribution in [-0.4, -0.2) is 59.8 Å². The first-order chi connectivity index (χ1) is 10.7. The zero-order chi connectivity index (χ0) is 16.9. The second kappa shape index (κ2) is 5.33. The van der Waals surface area contributed by atoms with E-state index in [1.54, 1.807) is 4.90 Å². The molecule has 1 aromatic rings. The van der Waals surface area contributed by atoms with Crippen molar-refractivity contribution in [3.05, 3.63) is 11.8 Å². The summed E-state index contributed by atoms with van der Waals surface area (Å²) < 4.78 is 38.5. The monoisotopic (exact) mass is 329 g/mol. The summed E-state index contributed by atoms with van der Waals surface area (Å²) in [5, 5.41) is 7.07. The molecule has 1 aromatic heterocycles. The van der Waals surface area contributed by atoms with Gasteiger partial charge in [0.05, 0.1) is 5.69 Å². The Morgan fingerprint density at radius 1 is 1.26 bits per heavy atom. The third-order valence-corrected chi connectivity index (χ3v) is 4.44. The van der Waals surface area contributed by atoms with Gasteiger partial charge in [-0.25, -0.2) is 0 Å². The van der Waals surface area contributed by atoms with Crippen LogP contribution in [0, 0.1) is 0 Å². The number of carbonyl (C=O) groups is 1. The van der Waals surface area contributed by atoms with Crippen LogP contribution in [0.1, 0.15) is 19.5 Å². The van der Waals surface area contributed by atoms with Gasteiger partial charge in [-0.3, -0.25) is 9.69 Å². The molecule has 23 heavy (non-hydrogen) atoms. The fourth-order valence-corrected chi connectivity index (χ4v) is 3.05. The molecule has 3 heterocycles. The fraction of sp³-hybridized carbons (Fsp3) is 0.643. The number of halogens is 3. The molecule has 0 bridgehead atoms. The largest absolute Gasteiger partial charge is 0.435 e. The van der Waals surface area contributed by atoms with Crippen molar-refractivity contribution in [3.8, 4) is 0 Å². The molecule has 1 saturated heterocycles. The minimum Gasteiger partial charge on any atom is -0.339 e. The van der Waals surface area contributed by atoms with Gasteiger partial charge >= 0.3 is 6.18 Å². The van der Waals surface area contributed by atoms with Crippen molar-refractivity contribution in [1.29, 1.82) is 0 Å². The molecule has 3 rings (SSSR count). The molecule has 0 spiro atoms. The summed E-state index contributed by atoms with van der Waals surface area (Å²) >= 11 is 0. The van der Waals surface area contributed by atoms with Gasteiger partial charge in [0.2, 0.25) is 0 Å². The molecule has 0 aliphatic carbocycles. The highest BCUT2D eigenvalue weighted by molar-refractivity contribution is 6.04. The van der Waals surface area contributed by atoms with Crippen molar-refractivity contribution >= 4 is 17.4 Å². The Morgan fingerprint density at radius 2 is 1.96 bits per heavy atom. The van der Waals surface area contributed by atoms with Crippen LogP contribution in [0.5, 0.6) is 0 Å². The van der Waals surface area contributed by atoms with E-state index in [1.807, 2.05) is 0 Å². The van der Waals surface area contributed by atoms with E-state index in [4.69, 9.17) is 0 Å². The van der Waals surface area contributed by atoms with Crippen molar-refractivity contribution in [1.82, 2.24) is 15.1 Å². The number of rotatable bonds is 1. The van der Waals surface area contributed by atoms with Crippen molar-refractivity contribution in [3.63, 3.8) is 0 Å². The highest BCUT2D eigenvalue weighted by Crippen LogP contribution is 2.38. The van der Waals surface area contributed by atoms with E-state index in [9.17, 15) is 18.0 Å². The van der Waals surface area contributed by atoms with Crippen LogP contribution < -0.4 is 9.80 Å². The topological polar surface area (TPSA) is 52.6 Å². The van der Waals surface area contributed by atoms with Gasteiger partial charge in [-0.2, -0.15) is 13.2 Å². The summed E-state index contributed by atoms with van der Waals surface area (Å²) in [6.45, 7) is 5.90. The number of hydrogen-bond acceptors (Lipinski definition) is 5. The maximum atomic E-state index is 12.8. The molecule has 126 valence electrons. The molecule has 2 aliphatic rings. The second-order valence-electron chi connectivity index (χ2n) is 6.13. The zero-order valence-electron chi connectivity index (χ0n) is 13.1. The third-order valence-electron chi connectivity index (χ3n) is 4.44. The van der Waals surface area contributed by atoms with Crippen molar-refractivity contribution in [2.45, 2.75) is 32.1 Å². The van der Waals surface area contributed by atoms with E-state index in [1.165, 1.54) is 11.9 Å². The van der Waals surface area contributed by atoms with E-state index in [0.29, 0.717) is 24.9 Å². The van der Waals surface area contributed by atoms with Gasteiger partial charge in [-0.05, 0) is 19.9 Å². The lowest BCUT2D eigenvalue weighted by molar-refractivity contribution is -0.141. The van der Waals surface area contributed by atoms with Crippen LogP contribution in [-0.2, 0) is 11.0 Å². The van der Waals surface area contributed by atoms with Gasteiger partial charge in [0.25, 0.3) is 5.91 Å². The Labute approximate surface area is 131 Å². The Morgan fingerprint density at radius 3 is 2.57 bits per heavy atom. The maximum Gasteiger partial charge on any atom is 0.435 e. The van der Waals surface area contributed by atoms with Crippen LogP contribution >= 0.6 is 0 Å². The van der Waals surface area contributed by atoms with Crippen LogP contribution in [0.3, 0.4) is 0 Å². The molecule has 1 atom stereocenters. The minimum atomic E-state index is -4.58. The highest BCUT2D eigenvalue weighted by Gasteiger charge is 2.43. The number of anilines is 2. The summed E-state index contributed by atoms with van der Waals surface area (Å²) in [5.41, 5.74) is -0.929. The lowest BCUT2D eigenvalue weighted by Crippen LogP contribution is -2.63. The number of aromatic nitrogens is 2. The fourth-order valence-electron chi connectivity index (χ4n) is 3.05. The van der Waals surface area contributed by atoms with Gasteiger partial charge in [0.1, 0.15) is 6.04 Å². The number of nitrogens with zero attached hydrogens (tertiary/aromatic N) is 5. The molecular formula is C14H18F3N5O. The molecule has 0 unspecified atom stereocenters. The molecule has 2 aliphatic heterocycles. The van der Waals surface area contributed by atoms with E-state index in [0.717, 1.165) is 12.6 Å². The van der Waals surface area contributed by atoms with Crippen LogP contribution in [0.25, 0.3) is 0 Å². The number of fused-ring (bicyclic) bond motifs is 3. The molecule has 1 amide bonds. The molecule has 6 nitrogen and oxygen atoms in total. The number of carbonyl (C=O) groups excluding carboxylic acids is 1. The number of alkyl halides is 3. The second-order valence-corrected chi connectivity index (χ2v) is 6.13. The summed E-state index contributed by atoms with van der Waals surface area (Å²) in [5.74, 6) is 0.123. The summed E-state index contributed by atoms with van der Waals surface area (Å²) in [7, 11) is 1.48. The summed E-state index contributed by atoms with van der Waals surface area (Å²) in [6, 6.07) is 0.760. The van der Waals surface area contributed by atoms with Crippen LogP contribution in [0.15, 0.2) is 6.07 Å². The molecule has 1 fully saturated rings. The van der Waals surface area contributed by atoms with Gasteiger partial charge in [0.15, 0.2) is 11.5 Å². The average Bonchev–Trinajstić information content (AvgIpc) is 2.50. The molecular weight excluding hydrogens is 311 g/mol. The maximum absolute atomic E-state index is 12.8. The Kier molecular flexibility index (Phi) is 3.70. The van der Waals surface area contributed by atoms with Crippen LogP contribution in [0.4, 0.5) is 24.7 Å².